The van der Waals surface area contributed by atoms with E-state index in [0.717, 1.165) is 12.1 Å². The van der Waals surface area contributed by atoms with Crippen molar-refractivity contribution in [3.63, 3.8) is 0 Å². The van der Waals surface area contributed by atoms with Crippen molar-refractivity contribution in [3.8, 4) is 22.6 Å². The summed E-state index contributed by atoms with van der Waals surface area (Å²) in [6.07, 6.45) is 3.14. The van der Waals surface area contributed by atoms with Crippen LogP contribution >= 0.6 is 0 Å². The first-order valence-electron chi connectivity index (χ1n) is 8.29. The zero-order chi connectivity index (χ0) is 20.4. The predicted octanol–water partition coefficient (Wildman–Crippen LogP) is 3.31. The Hall–Kier alpha value is -3.04. The van der Waals surface area contributed by atoms with E-state index in [2.05, 4.69) is 4.72 Å². The van der Waals surface area contributed by atoms with Crippen molar-refractivity contribution in [2.75, 3.05) is 11.0 Å². The molecule has 1 aromatic heterocycles. The Labute approximate surface area is 168 Å². The zero-order valence-electron chi connectivity index (χ0n) is 16.0. The van der Waals surface area contributed by atoms with Crippen molar-refractivity contribution in [2.45, 2.75) is 6.92 Å². The number of hydrogen-bond donors (Lipinski definition) is 1. The van der Waals surface area contributed by atoms with Gasteiger partial charge in [-0.3, -0.25) is 4.79 Å². The minimum absolute atomic E-state index is 0. The Morgan fingerprint density at radius 2 is 1.72 bits per heavy atom. The lowest BCUT2D eigenvalue weighted by molar-refractivity contribution is 0.439. The van der Waals surface area contributed by atoms with Gasteiger partial charge in [-0.15, -0.1) is 0 Å². The van der Waals surface area contributed by atoms with E-state index in [1.807, 2.05) is 0 Å². The van der Waals surface area contributed by atoms with Crippen molar-refractivity contribution in [1.29, 1.82) is 0 Å². The van der Waals surface area contributed by atoms with Gasteiger partial charge in [-0.2, -0.15) is 0 Å². The van der Waals surface area contributed by atoms with Gasteiger partial charge in [0.2, 0.25) is 0 Å². The second-order valence-corrected chi connectivity index (χ2v) is 7.38. The third-order valence-corrected chi connectivity index (χ3v) is 4.60. The fourth-order valence-electron chi connectivity index (χ4n) is 2.74. The lowest BCUT2D eigenvalue weighted by Crippen LogP contribution is -2.15. The average molecular weight is 422 g/mol. The van der Waals surface area contributed by atoms with Gasteiger partial charge in [-0.05, 0) is 42.8 Å². The van der Waals surface area contributed by atoms with E-state index < -0.39 is 22.6 Å². The Kier molecular flexibility index (Phi) is 6.89. The molecule has 0 saturated carbocycles. The van der Waals surface area contributed by atoms with E-state index in [-0.39, 0.29) is 16.8 Å². The number of rotatable bonds is 5. The highest BCUT2D eigenvalue weighted by molar-refractivity contribution is 7.85. The highest BCUT2D eigenvalue weighted by Gasteiger charge is 2.15. The summed E-state index contributed by atoms with van der Waals surface area (Å²) in [7, 11) is 0.327. The highest BCUT2D eigenvalue weighted by atomic mass is 32.2. The number of halogens is 2. The topological polar surface area (TPSA) is 91.8 Å². The largest absolute Gasteiger partial charge is 0.454 e. The van der Waals surface area contributed by atoms with Gasteiger partial charge in [-0.25, -0.2) is 13.0 Å². The molecule has 3 aromatic rings. The maximum absolute atomic E-state index is 14.1. The first kappa shape index (κ1) is 22.3. The van der Waals surface area contributed by atoms with Gasteiger partial charge < -0.3 is 19.5 Å². The molecule has 0 radical (unpaired) electrons. The third kappa shape index (κ3) is 5.07. The number of anilines is 1. The minimum atomic E-state index is -1.29. The number of hydrogen-bond acceptors (Lipinski definition) is 3. The van der Waals surface area contributed by atoms with Gasteiger partial charge in [0.25, 0.3) is 5.56 Å². The molecule has 0 aliphatic rings. The van der Waals surface area contributed by atoms with E-state index in [9.17, 15) is 17.8 Å². The van der Waals surface area contributed by atoms with Crippen LogP contribution in [0.15, 0.2) is 53.5 Å². The lowest BCUT2D eigenvalue weighted by atomic mass is 10.0. The number of aryl methyl sites for hydroxylation is 2. The van der Waals surface area contributed by atoms with Crippen LogP contribution < -0.4 is 15.0 Å². The average Bonchev–Trinajstić information content (AvgIpc) is 2.61. The van der Waals surface area contributed by atoms with Gasteiger partial charge in [0.1, 0.15) is 22.6 Å². The molecule has 0 fully saturated rings. The van der Waals surface area contributed by atoms with Crippen LogP contribution in [0, 0.1) is 18.6 Å². The van der Waals surface area contributed by atoms with Crippen molar-refractivity contribution >= 4 is 16.7 Å². The van der Waals surface area contributed by atoms with Crippen molar-refractivity contribution in [1.82, 2.24) is 4.57 Å². The van der Waals surface area contributed by atoms with Gasteiger partial charge >= 0.3 is 0 Å². The lowest BCUT2D eigenvalue weighted by Gasteiger charge is -2.16. The minimum Gasteiger partial charge on any atom is -0.454 e. The summed E-state index contributed by atoms with van der Waals surface area (Å²) in [6, 6.07) is 9.46. The molecule has 0 saturated heterocycles. The van der Waals surface area contributed by atoms with E-state index >= 15 is 0 Å². The summed E-state index contributed by atoms with van der Waals surface area (Å²) >= 11 is 0. The quantitative estimate of drug-likeness (QED) is 0.684. The normalized spacial score (nSPS) is 11.5. The smallest absolute Gasteiger partial charge is 0.250 e. The van der Waals surface area contributed by atoms with E-state index in [1.165, 1.54) is 23.0 Å². The highest BCUT2D eigenvalue weighted by Crippen LogP contribution is 2.37. The molecule has 9 heteroatoms. The van der Waals surface area contributed by atoms with Gasteiger partial charge in [-0.1, -0.05) is 0 Å². The molecule has 0 bridgehead atoms. The number of nitrogens with zero attached hydrogens (tertiary/aromatic N) is 1. The number of pyridine rings is 1. The summed E-state index contributed by atoms with van der Waals surface area (Å²) in [5.74, 6) is -1.37. The van der Waals surface area contributed by atoms with Gasteiger partial charge in [0.15, 0.2) is 11.6 Å². The summed E-state index contributed by atoms with van der Waals surface area (Å²) in [6.45, 7) is 1.77. The Morgan fingerprint density at radius 3 is 2.38 bits per heavy atom. The molecule has 6 nitrogen and oxygen atoms in total. The molecule has 0 aliphatic carbocycles. The SMILES string of the molecule is Cc1cc(=O)n(C)cc1-c1cc(NS(C)=O)ccc1Oc1ccc(F)cc1F.O. The van der Waals surface area contributed by atoms with Crippen LogP contribution in [0.25, 0.3) is 11.1 Å². The van der Waals surface area contributed by atoms with Crippen LogP contribution in [-0.2, 0) is 18.0 Å². The van der Waals surface area contributed by atoms with Crippen molar-refractivity contribution in [2.24, 2.45) is 7.05 Å². The Bertz CT molecular complexity index is 1130. The van der Waals surface area contributed by atoms with E-state index in [1.54, 1.807) is 38.4 Å². The van der Waals surface area contributed by atoms with Crippen LogP contribution in [0.2, 0.25) is 0 Å². The zero-order valence-corrected chi connectivity index (χ0v) is 16.8. The van der Waals surface area contributed by atoms with Crippen LogP contribution in [0.4, 0.5) is 14.5 Å². The molecular formula is C20H20F2N2O4S. The van der Waals surface area contributed by atoms with Gasteiger partial charge in [0, 0.05) is 48.4 Å². The molecule has 1 atom stereocenters. The number of nitrogens with one attached hydrogen (secondary N) is 1. The second kappa shape index (κ2) is 8.97. The molecule has 29 heavy (non-hydrogen) atoms. The maximum Gasteiger partial charge on any atom is 0.250 e. The Morgan fingerprint density at radius 1 is 1.03 bits per heavy atom. The molecule has 3 N–H and O–H groups in total. The fraction of sp³-hybridized carbons (Fsp3) is 0.150. The summed E-state index contributed by atoms with van der Waals surface area (Å²) in [5.41, 5.74) is 2.34. The Balaban J connectivity index is 0.00000300. The molecule has 2 aromatic carbocycles. The van der Waals surface area contributed by atoms with Crippen molar-refractivity contribution < 1.29 is 23.2 Å². The monoisotopic (exact) mass is 422 g/mol. The predicted molar refractivity (Wildman–Crippen MR) is 110 cm³/mol. The maximum atomic E-state index is 14.1. The number of ether oxygens (including phenoxy) is 1. The molecule has 154 valence electrons. The molecule has 1 heterocycles. The van der Waals surface area contributed by atoms with Crippen molar-refractivity contribution in [3.05, 3.63) is 76.2 Å². The second-order valence-electron chi connectivity index (χ2n) is 6.26. The molecule has 0 amide bonds. The summed E-state index contributed by atoms with van der Waals surface area (Å²) < 4.78 is 48.7. The van der Waals surface area contributed by atoms with Gasteiger partial charge in [0.05, 0.1) is 0 Å². The van der Waals surface area contributed by atoms with E-state index in [0.29, 0.717) is 28.1 Å². The van der Waals surface area contributed by atoms with Crippen LogP contribution in [-0.4, -0.2) is 20.5 Å². The standard InChI is InChI=1S/C20H18F2N2O3S.H2O/c1-12-8-20(25)24(2)11-16(12)15-10-14(23-28(3)26)5-7-18(15)27-19-6-4-13(21)9-17(19)22;/h4-11,23H,1-3H3;1H2. The first-order valence-corrected chi connectivity index (χ1v) is 9.85. The number of aromatic nitrogens is 1. The van der Waals surface area contributed by atoms with E-state index in [4.69, 9.17) is 4.74 Å². The van der Waals surface area contributed by atoms with Crippen LogP contribution in [0.5, 0.6) is 11.5 Å². The molecular weight excluding hydrogens is 402 g/mol. The molecule has 0 aliphatic heterocycles. The van der Waals surface area contributed by atoms with Crippen LogP contribution in [0.1, 0.15) is 5.56 Å². The van der Waals surface area contributed by atoms with Crippen LogP contribution in [0.3, 0.4) is 0 Å². The molecule has 1 unspecified atom stereocenters. The molecule has 0 spiro atoms. The molecule has 3 rings (SSSR count). The third-order valence-electron chi connectivity index (χ3n) is 4.08. The number of benzene rings is 2. The first-order chi connectivity index (χ1) is 13.2. The fourth-order valence-corrected chi connectivity index (χ4v) is 3.20. The summed E-state index contributed by atoms with van der Waals surface area (Å²) in [4.78, 5) is 11.9. The summed E-state index contributed by atoms with van der Waals surface area (Å²) in [5, 5.41) is 0.